The zero-order valence-electron chi connectivity index (χ0n) is 11.3. The highest BCUT2D eigenvalue weighted by atomic mass is 14.8. The zero-order chi connectivity index (χ0) is 13.7. The molecule has 0 aliphatic rings. The van der Waals surface area contributed by atoms with Gasteiger partial charge in [-0.3, -0.25) is 4.98 Å². The fourth-order valence-electron chi connectivity index (χ4n) is 2.55. The number of rotatable bonds is 0. The van der Waals surface area contributed by atoms with Gasteiger partial charge < -0.3 is 11.5 Å². The topological polar surface area (TPSA) is 77.8 Å². The molecule has 4 heteroatoms. The summed E-state index contributed by atoms with van der Waals surface area (Å²) >= 11 is 0. The summed E-state index contributed by atoms with van der Waals surface area (Å²) in [6.45, 7) is 5.92. The number of benzene rings is 1. The Hall–Kier alpha value is -2.36. The predicted octanol–water partition coefficient (Wildman–Crippen LogP) is 2.87. The number of fused-ring (bicyclic) bond motifs is 3. The molecule has 96 valence electrons. The number of nitrogens with zero attached hydrogens (tertiary/aromatic N) is 2. The molecular weight excluding hydrogens is 236 g/mol. The summed E-state index contributed by atoms with van der Waals surface area (Å²) in [5, 5.41) is 2.12. The fraction of sp³-hybridized carbons (Fsp3) is 0.200. The Balaban J connectivity index is 2.63. The van der Waals surface area contributed by atoms with Gasteiger partial charge in [0.25, 0.3) is 0 Å². The van der Waals surface area contributed by atoms with Crippen LogP contribution in [0.2, 0.25) is 0 Å². The minimum Gasteiger partial charge on any atom is -0.399 e. The molecule has 0 saturated carbocycles. The molecule has 0 aliphatic heterocycles. The first-order valence-corrected chi connectivity index (χ1v) is 6.21. The highest BCUT2D eigenvalue weighted by molar-refractivity contribution is 6.09. The van der Waals surface area contributed by atoms with Crippen LogP contribution in [0.3, 0.4) is 0 Å². The summed E-state index contributed by atoms with van der Waals surface area (Å²) < 4.78 is 0. The molecule has 0 aliphatic carbocycles. The largest absolute Gasteiger partial charge is 0.399 e. The molecule has 2 aromatic heterocycles. The SMILES string of the molecule is Cc1nc2c(C)nc3cc(N)ccc3c2c(C)c1N. The van der Waals surface area contributed by atoms with Crippen molar-refractivity contribution in [1.82, 2.24) is 9.97 Å². The van der Waals surface area contributed by atoms with Gasteiger partial charge in [0.1, 0.15) is 0 Å². The van der Waals surface area contributed by atoms with Crippen molar-refractivity contribution in [3.8, 4) is 0 Å². The van der Waals surface area contributed by atoms with Gasteiger partial charge in [0.2, 0.25) is 0 Å². The molecule has 3 rings (SSSR count). The lowest BCUT2D eigenvalue weighted by Crippen LogP contribution is -2.01. The van der Waals surface area contributed by atoms with Crippen molar-refractivity contribution in [2.75, 3.05) is 11.5 Å². The summed E-state index contributed by atoms with van der Waals surface area (Å²) in [7, 11) is 0. The first-order valence-electron chi connectivity index (χ1n) is 6.21. The van der Waals surface area contributed by atoms with Crippen molar-refractivity contribution in [3.05, 3.63) is 35.2 Å². The molecule has 4 nitrogen and oxygen atoms in total. The number of aryl methyl sites for hydroxylation is 3. The van der Waals surface area contributed by atoms with Crippen LogP contribution in [0.5, 0.6) is 0 Å². The fourth-order valence-corrected chi connectivity index (χ4v) is 2.55. The van der Waals surface area contributed by atoms with E-state index in [9.17, 15) is 0 Å². The monoisotopic (exact) mass is 252 g/mol. The van der Waals surface area contributed by atoms with Gasteiger partial charge in [0.15, 0.2) is 0 Å². The van der Waals surface area contributed by atoms with E-state index >= 15 is 0 Å². The van der Waals surface area contributed by atoms with E-state index in [1.165, 1.54) is 0 Å². The number of anilines is 2. The Kier molecular flexibility index (Phi) is 2.35. The number of nitrogens with two attached hydrogens (primary N) is 2. The molecule has 19 heavy (non-hydrogen) atoms. The van der Waals surface area contributed by atoms with E-state index < -0.39 is 0 Å². The molecule has 0 fully saturated rings. The Labute approximate surface area is 111 Å². The third-order valence-electron chi connectivity index (χ3n) is 3.61. The minimum atomic E-state index is 0.712. The third-order valence-corrected chi connectivity index (χ3v) is 3.61. The second-order valence-corrected chi connectivity index (χ2v) is 4.93. The van der Waals surface area contributed by atoms with Gasteiger partial charge in [0.05, 0.1) is 28.1 Å². The van der Waals surface area contributed by atoms with Crippen molar-refractivity contribution >= 4 is 33.2 Å². The van der Waals surface area contributed by atoms with Crippen LogP contribution in [0, 0.1) is 20.8 Å². The standard InChI is InChI=1S/C15H16N4/c1-7-13-11-5-4-10(16)6-12(11)18-9(3)15(13)19-8(2)14(7)17/h4-6H,16-17H2,1-3H3. The molecule has 0 unspecified atom stereocenters. The molecular formula is C15H16N4. The van der Waals surface area contributed by atoms with Crippen LogP contribution in [-0.2, 0) is 0 Å². The number of hydrogen-bond donors (Lipinski definition) is 2. The Morgan fingerprint density at radius 3 is 2.42 bits per heavy atom. The van der Waals surface area contributed by atoms with Gasteiger partial charge in [-0.2, -0.15) is 0 Å². The summed E-state index contributed by atoms with van der Waals surface area (Å²) in [4.78, 5) is 9.18. The second kappa shape index (κ2) is 3.82. The molecule has 3 aromatic rings. The average Bonchev–Trinajstić information content (AvgIpc) is 2.36. The smallest absolute Gasteiger partial charge is 0.0928 e. The van der Waals surface area contributed by atoms with Crippen LogP contribution in [0.4, 0.5) is 11.4 Å². The van der Waals surface area contributed by atoms with Crippen molar-refractivity contribution in [2.24, 2.45) is 0 Å². The average molecular weight is 252 g/mol. The number of pyridine rings is 2. The first kappa shape index (κ1) is 11.7. The lowest BCUT2D eigenvalue weighted by Gasteiger charge is -2.13. The lowest BCUT2D eigenvalue weighted by atomic mass is 10.0. The lowest BCUT2D eigenvalue weighted by molar-refractivity contribution is 1.19. The number of hydrogen-bond acceptors (Lipinski definition) is 4. The van der Waals surface area contributed by atoms with Crippen molar-refractivity contribution < 1.29 is 0 Å². The number of nitrogen functional groups attached to an aromatic ring is 2. The highest BCUT2D eigenvalue weighted by Gasteiger charge is 2.13. The molecule has 0 saturated heterocycles. The van der Waals surface area contributed by atoms with Gasteiger partial charge in [-0.15, -0.1) is 0 Å². The molecule has 0 radical (unpaired) electrons. The Morgan fingerprint density at radius 2 is 1.68 bits per heavy atom. The molecule has 0 bridgehead atoms. The van der Waals surface area contributed by atoms with Crippen LogP contribution < -0.4 is 11.5 Å². The zero-order valence-corrected chi connectivity index (χ0v) is 11.3. The van der Waals surface area contributed by atoms with Crippen LogP contribution in [0.1, 0.15) is 17.0 Å². The van der Waals surface area contributed by atoms with Crippen molar-refractivity contribution in [3.63, 3.8) is 0 Å². The first-order chi connectivity index (χ1) is 8.99. The molecule has 1 aromatic carbocycles. The maximum absolute atomic E-state index is 6.11. The van der Waals surface area contributed by atoms with E-state index in [1.807, 2.05) is 39.0 Å². The van der Waals surface area contributed by atoms with E-state index in [0.717, 1.165) is 44.4 Å². The van der Waals surface area contributed by atoms with E-state index in [2.05, 4.69) is 9.97 Å². The van der Waals surface area contributed by atoms with Gasteiger partial charge in [-0.05, 0) is 38.5 Å². The second-order valence-electron chi connectivity index (χ2n) is 4.93. The predicted molar refractivity (Wildman–Crippen MR) is 80.1 cm³/mol. The number of aromatic nitrogens is 2. The minimum absolute atomic E-state index is 0.712. The third kappa shape index (κ3) is 1.60. The molecule has 0 amide bonds. The van der Waals surface area contributed by atoms with E-state index in [1.54, 1.807) is 0 Å². The maximum Gasteiger partial charge on any atom is 0.0928 e. The van der Waals surface area contributed by atoms with E-state index in [-0.39, 0.29) is 0 Å². The molecule has 0 atom stereocenters. The van der Waals surface area contributed by atoms with Crippen molar-refractivity contribution in [1.29, 1.82) is 0 Å². The van der Waals surface area contributed by atoms with Crippen LogP contribution >= 0.6 is 0 Å². The quantitative estimate of drug-likeness (QED) is 0.476. The van der Waals surface area contributed by atoms with E-state index in [4.69, 9.17) is 11.5 Å². The maximum atomic E-state index is 6.11. The molecule has 0 spiro atoms. The van der Waals surface area contributed by atoms with Crippen LogP contribution in [-0.4, -0.2) is 9.97 Å². The van der Waals surface area contributed by atoms with Crippen LogP contribution in [0.25, 0.3) is 21.8 Å². The van der Waals surface area contributed by atoms with Crippen molar-refractivity contribution in [2.45, 2.75) is 20.8 Å². The van der Waals surface area contributed by atoms with E-state index in [0.29, 0.717) is 5.69 Å². The van der Waals surface area contributed by atoms with Gasteiger partial charge >= 0.3 is 0 Å². The van der Waals surface area contributed by atoms with Gasteiger partial charge in [-0.1, -0.05) is 6.07 Å². The summed E-state index contributed by atoms with van der Waals surface area (Å²) in [5.74, 6) is 0. The van der Waals surface area contributed by atoms with Crippen LogP contribution in [0.15, 0.2) is 18.2 Å². The molecule has 4 N–H and O–H groups in total. The highest BCUT2D eigenvalue weighted by Crippen LogP contribution is 2.32. The Morgan fingerprint density at radius 1 is 0.947 bits per heavy atom. The summed E-state index contributed by atoms with van der Waals surface area (Å²) in [6.07, 6.45) is 0. The van der Waals surface area contributed by atoms with Gasteiger partial charge in [0, 0.05) is 16.5 Å². The molecule has 2 heterocycles. The normalized spacial score (nSPS) is 11.3. The summed E-state index contributed by atoms with van der Waals surface area (Å²) in [6, 6.07) is 5.76. The Bertz CT molecular complexity index is 822. The summed E-state index contributed by atoms with van der Waals surface area (Å²) in [5.41, 5.74) is 18.0. The van der Waals surface area contributed by atoms with Gasteiger partial charge in [-0.25, -0.2) is 4.98 Å².